The van der Waals surface area contributed by atoms with E-state index in [-0.39, 0.29) is 18.7 Å². The van der Waals surface area contributed by atoms with Gasteiger partial charge in [-0.1, -0.05) is 6.08 Å². The number of hydrogen-bond acceptors (Lipinski definition) is 3. The molecule has 0 aromatic rings. The zero-order chi connectivity index (χ0) is 7.98. The molecule has 0 spiro atoms. The molecule has 0 amide bonds. The fraction of sp³-hybridized carbons (Fsp3) is 0.333. The van der Waals surface area contributed by atoms with E-state index in [2.05, 4.69) is 4.74 Å². The molecule has 10 heavy (non-hydrogen) atoms. The Kier molecular flexibility index (Phi) is 3.95. The Morgan fingerprint density at radius 3 is 2.60 bits per heavy atom. The number of carboxylic acids is 1. The van der Waals surface area contributed by atoms with Crippen LogP contribution in [0.1, 0.15) is 6.92 Å². The Labute approximate surface area is 58.1 Å². The van der Waals surface area contributed by atoms with Gasteiger partial charge in [0, 0.05) is 0 Å². The van der Waals surface area contributed by atoms with Crippen molar-refractivity contribution in [1.82, 2.24) is 0 Å². The Hall–Kier alpha value is -1.32. The molecule has 0 aromatic carbocycles. The van der Waals surface area contributed by atoms with Gasteiger partial charge in [0.2, 0.25) is 0 Å². The van der Waals surface area contributed by atoms with Crippen molar-refractivity contribution >= 4 is 12.4 Å². The Bertz CT molecular complexity index is 159. The molecule has 0 atom stereocenters. The summed E-state index contributed by atoms with van der Waals surface area (Å²) in [5.41, 5.74) is 0.0760. The molecule has 0 aromatic heterocycles. The summed E-state index contributed by atoms with van der Waals surface area (Å²) in [5, 5.41) is 8.34. The third kappa shape index (κ3) is 2.86. The van der Waals surface area contributed by atoms with E-state index in [0.717, 1.165) is 0 Å². The van der Waals surface area contributed by atoms with E-state index >= 15 is 0 Å². The van der Waals surface area contributed by atoms with Gasteiger partial charge >= 0.3 is 5.97 Å². The number of aliphatic carboxylic acids is 1. The largest absolute Gasteiger partial charge is 0.478 e. The van der Waals surface area contributed by atoms with E-state index in [1.807, 2.05) is 0 Å². The summed E-state index contributed by atoms with van der Waals surface area (Å²) in [5.74, 6) is -1.07. The summed E-state index contributed by atoms with van der Waals surface area (Å²) in [6.45, 7) is 1.61. The molecule has 0 saturated carbocycles. The standard InChI is InChI=1S/C6H8O4/c1-2-5(6(8)9)3-10-4-7/h2,4H,3H2,1H3,(H,8,9). The van der Waals surface area contributed by atoms with Crippen LogP contribution in [0.2, 0.25) is 0 Å². The van der Waals surface area contributed by atoms with Crippen LogP contribution in [0.5, 0.6) is 0 Å². The second kappa shape index (κ2) is 4.55. The Balaban J connectivity index is 3.85. The van der Waals surface area contributed by atoms with Gasteiger partial charge in [-0.3, -0.25) is 4.79 Å². The average Bonchev–Trinajstić information content (AvgIpc) is 1.89. The van der Waals surface area contributed by atoms with Gasteiger partial charge in [0.25, 0.3) is 6.47 Å². The van der Waals surface area contributed by atoms with E-state index in [9.17, 15) is 9.59 Å². The summed E-state index contributed by atoms with van der Waals surface area (Å²) in [6, 6.07) is 0. The topological polar surface area (TPSA) is 63.6 Å². The summed E-state index contributed by atoms with van der Waals surface area (Å²) < 4.78 is 4.22. The van der Waals surface area contributed by atoms with Crippen molar-refractivity contribution in [1.29, 1.82) is 0 Å². The van der Waals surface area contributed by atoms with Crippen molar-refractivity contribution in [2.24, 2.45) is 0 Å². The van der Waals surface area contributed by atoms with Crippen molar-refractivity contribution in [2.45, 2.75) is 6.92 Å². The molecule has 0 rings (SSSR count). The van der Waals surface area contributed by atoms with E-state index in [1.165, 1.54) is 6.08 Å². The van der Waals surface area contributed by atoms with Crippen LogP contribution in [0.3, 0.4) is 0 Å². The molecule has 0 radical (unpaired) electrons. The molecular weight excluding hydrogens is 136 g/mol. The third-order valence-electron chi connectivity index (χ3n) is 0.930. The zero-order valence-corrected chi connectivity index (χ0v) is 5.53. The van der Waals surface area contributed by atoms with Crippen LogP contribution < -0.4 is 0 Å². The molecule has 0 saturated heterocycles. The molecule has 4 heteroatoms. The fourth-order valence-corrected chi connectivity index (χ4v) is 0.392. The third-order valence-corrected chi connectivity index (χ3v) is 0.930. The molecule has 1 N–H and O–H groups in total. The van der Waals surface area contributed by atoms with Crippen molar-refractivity contribution < 1.29 is 19.4 Å². The summed E-state index contributed by atoms with van der Waals surface area (Å²) >= 11 is 0. The van der Waals surface area contributed by atoms with Gasteiger partial charge in [-0.15, -0.1) is 0 Å². The van der Waals surface area contributed by atoms with Crippen molar-refractivity contribution in [3.8, 4) is 0 Å². The number of ether oxygens (including phenoxy) is 1. The molecule has 0 unspecified atom stereocenters. The van der Waals surface area contributed by atoms with Gasteiger partial charge in [0.1, 0.15) is 6.61 Å². The molecule has 4 nitrogen and oxygen atoms in total. The lowest BCUT2D eigenvalue weighted by Crippen LogP contribution is -2.06. The van der Waals surface area contributed by atoms with Crippen LogP contribution in [0.4, 0.5) is 0 Å². The van der Waals surface area contributed by atoms with Crippen molar-refractivity contribution in [2.75, 3.05) is 6.61 Å². The molecule has 0 aliphatic heterocycles. The highest BCUT2D eigenvalue weighted by Crippen LogP contribution is 1.93. The highest BCUT2D eigenvalue weighted by Gasteiger charge is 2.04. The van der Waals surface area contributed by atoms with E-state index in [4.69, 9.17) is 5.11 Å². The lowest BCUT2D eigenvalue weighted by molar-refractivity contribution is -0.134. The first-order valence-corrected chi connectivity index (χ1v) is 2.66. The Morgan fingerprint density at radius 1 is 1.70 bits per heavy atom. The monoisotopic (exact) mass is 144 g/mol. The van der Waals surface area contributed by atoms with Gasteiger partial charge in [-0.25, -0.2) is 4.79 Å². The Morgan fingerprint density at radius 2 is 2.30 bits per heavy atom. The maximum atomic E-state index is 10.2. The highest BCUT2D eigenvalue weighted by molar-refractivity contribution is 5.86. The first-order chi connectivity index (χ1) is 4.72. The number of carbonyl (C=O) groups is 2. The van der Waals surface area contributed by atoms with Crippen molar-refractivity contribution in [3.63, 3.8) is 0 Å². The van der Waals surface area contributed by atoms with Crippen LogP contribution in [0.25, 0.3) is 0 Å². The lowest BCUT2D eigenvalue weighted by Gasteiger charge is -1.96. The van der Waals surface area contributed by atoms with Gasteiger partial charge in [0.05, 0.1) is 5.57 Å². The minimum absolute atomic E-state index is 0.0760. The predicted molar refractivity (Wildman–Crippen MR) is 33.4 cm³/mol. The second-order valence-corrected chi connectivity index (χ2v) is 1.53. The molecular formula is C6H8O4. The van der Waals surface area contributed by atoms with Gasteiger partial charge in [-0.2, -0.15) is 0 Å². The first kappa shape index (κ1) is 8.68. The quantitative estimate of drug-likeness (QED) is 0.452. The van der Waals surface area contributed by atoms with E-state index in [0.29, 0.717) is 0 Å². The van der Waals surface area contributed by atoms with Crippen LogP contribution in [0, 0.1) is 0 Å². The number of rotatable bonds is 4. The number of carbonyl (C=O) groups excluding carboxylic acids is 1. The number of allylic oxidation sites excluding steroid dienone is 1. The minimum atomic E-state index is -1.07. The number of hydrogen-bond donors (Lipinski definition) is 1. The van der Waals surface area contributed by atoms with E-state index < -0.39 is 5.97 Å². The first-order valence-electron chi connectivity index (χ1n) is 2.66. The van der Waals surface area contributed by atoms with Crippen LogP contribution in [-0.2, 0) is 14.3 Å². The minimum Gasteiger partial charge on any atom is -0.478 e. The van der Waals surface area contributed by atoms with Crippen molar-refractivity contribution in [3.05, 3.63) is 11.6 Å². The zero-order valence-electron chi connectivity index (χ0n) is 5.53. The predicted octanol–water partition coefficient (Wildman–Crippen LogP) is 0.190. The van der Waals surface area contributed by atoms with Gasteiger partial charge in [-0.05, 0) is 6.92 Å². The molecule has 0 aliphatic rings. The maximum absolute atomic E-state index is 10.2. The van der Waals surface area contributed by atoms with Gasteiger partial charge in [0.15, 0.2) is 0 Å². The molecule has 0 heterocycles. The summed E-state index contributed by atoms with van der Waals surface area (Å²) in [4.78, 5) is 19.8. The average molecular weight is 144 g/mol. The fourth-order valence-electron chi connectivity index (χ4n) is 0.392. The number of carboxylic acid groups (broad SMARTS) is 1. The van der Waals surface area contributed by atoms with Gasteiger partial charge < -0.3 is 9.84 Å². The second-order valence-electron chi connectivity index (χ2n) is 1.53. The normalized spacial score (nSPS) is 10.7. The molecule has 0 bridgehead atoms. The van der Waals surface area contributed by atoms with Crippen LogP contribution >= 0.6 is 0 Å². The molecule has 56 valence electrons. The van der Waals surface area contributed by atoms with Crippen LogP contribution in [0.15, 0.2) is 11.6 Å². The van der Waals surface area contributed by atoms with E-state index in [1.54, 1.807) is 6.92 Å². The lowest BCUT2D eigenvalue weighted by atomic mass is 10.3. The molecule has 0 aliphatic carbocycles. The SMILES string of the molecule is CC=C(COC=O)C(=O)O. The molecule has 0 fully saturated rings. The highest BCUT2D eigenvalue weighted by atomic mass is 16.5. The van der Waals surface area contributed by atoms with Crippen LogP contribution in [-0.4, -0.2) is 24.2 Å². The summed E-state index contributed by atoms with van der Waals surface area (Å²) in [6.07, 6.45) is 1.38. The maximum Gasteiger partial charge on any atom is 0.334 e. The summed E-state index contributed by atoms with van der Waals surface area (Å²) in [7, 11) is 0. The smallest absolute Gasteiger partial charge is 0.334 e.